The number of benzene rings is 1. The topological polar surface area (TPSA) is 148 Å². The van der Waals surface area contributed by atoms with E-state index in [1.807, 2.05) is 20.8 Å². The average Bonchev–Trinajstić information content (AvgIpc) is 2.73. The predicted molar refractivity (Wildman–Crippen MR) is 124 cm³/mol. The van der Waals surface area contributed by atoms with Crippen LogP contribution >= 0.6 is 0 Å². The minimum atomic E-state index is -0.498. The summed E-state index contributed by atoms with van der Waals surface area (Å²) in [6, 6.07) is 6.22. The molecule has 4 N–H and O–H groups in total. The number of methoxy groups -OCH3 is 1. The molecule has 33 heavy (non-hydrogen) atoms. The van der Waals surface area contributed by atoms with Gasteiger partial charge in [0.1, 0.15) is 5.60 Å². The monoisotopic (exact) mass is 460 g/mol. The summed E-state index contributed by atoms with van der Waals surface area (Å²) in [5.74, 6) is -0.0823. The van der Waals surface area contributed by atoms with Crippen LogP contribution in [0.3, 0.4) is 0 Å². The Bertz CT molecular complexity index is 932. The van der Waals surface area contributed by atoms with Gasteiger partial charge in [-0.3, -0.25) is 0 Å². The SMILES string of the molecule is COC(=O)c1cccc(Nc2nc(O)nc(NCCCCCCNC(=O)OC(C)(C)C)n2)c1. The first-order valence-corrected chi connectivity index (χ1v) is 10.8. The number of nitrogens with zero attached hydrogens (tertiary/aromatic N) is 3. The van der Waals surface area contributed by atoms with Gasteiger partial charge in [0.05, 0.1) is 12.7 Å². The Morgan fingerprint density at radius 2 is 1.70 bits per heavy atom. The van der Waals surface area contributed by atoms with Gasteiger partial charge in [0.25, 0.3) is 0 Å². The van der Waals surface area contributed by atoms with Gasteiger partial charge >= 0.3 is 18.1 Å². The van der Waals surface area contributed by atoms with Crippen molar-refractivity contribution >= 4 is 29.6 Å². The molecule has 0 saturated carbocycles. The number of amides is 1. The molecule has 11 nitrogen and oxygen atoms in total. The third kappa shape index (κ3) is 10.0. The number of esters is 1. The zero-order chi connectivity index (χ0) is 24.3. The maximum Gasteiger partial charge on any atom is 0.407 e. The normalized spacial score (nSPS) is 10.9. The number of carbonyl (C=O) groups is 2. The lowest BCUT2D eigenvalue weighted by Gasteiger charge is -2.19. The van der Waals surface area contributed by atoms with Crippen molar-refractivity contribution in [2.75, 3.05) is 30.8 Å². The van der Waals surface area contributed by atoms with Crippen molar-refractivity contribution in [2.45, 2.75) is 52.1 Å². The molecule has 0 radical (unpaired) electrons. The maximum absolute atomic E-state index is 11.7. The van der Waals surface area contributed by atoms with Gasteiger partial charge in [-0.15, -0.1) is 0 Å². The molecule has 1 aromatic carbocycles. The van der Waals surface area contributed by atoms with Gasteiger partial charge in [-0.1, -0.05) is 18.9 Å². The van der Waals surface area contributed by atoms with Crippen molar-refractivity contribution in [1.29, 1.82) is 0 Å². The number of nitrogens with one attached hydrogen (secondary N) is 3. The van der Waals surface area contributed by atoms with Gasteiger partial charge in [-0.05, 0) is 51.8 Å². The Morgan fingerprint density at radius 1 is 1.00 bits per heavy atom. The molecule has 180 valence electrons. The standard InChI is InChI=1S/C22H32N6O5/c1-22(2,3)33-21(31)24-13-8-6-5-7-12-23-18-26-19(28-20(30)27-18)25-16-11-9-10-15(14-16)17(29)32-4/h9-11,14H,5-8,12-13H2,1-4H3,(H,24,31)(H3,23,25,26,27,28,30). The molecule has 0 aliphatic rings. The van der Waals surface area contributed by atoms with Crippen LogP contribution in [-0.4, -0.2) is 57.9 Å². The van der Waals surface area contributed by atoms with E-state index < -0.39 is 23.7 Å². The van der Waals surface area contributed by atoms with Gasteiger partial charge in [-0.2, -0.15) is 15.0 Å². The number of unbranched alkanes of at least 4 members (excludes halogenated alkanes) is 3. The summed E-state index contributed by atoms with van der Waals surface area (Å²) in [6.07, 6.45) is 3.21. The first-order chi connectivity index (χ1) is 15.7. The van der Waals surface area contributed by atoms with E-state index in [2.05, 4.69) is 30.9 Å². The molecule has 2 aromatic rings. The van der Waals surface area contributed by atoms with Crippen LogP contribution in [0.25, 0.3) is 0 Å². The average molecular weight is 461 g/mol. The van der Waals surface area contributed by atoms with Crippen molar-refractivity contribution in [2.24, 2.45) is 0 Å². The smallest absolute Gasteiger partial charge is 0.407 e. The van der Waals surface area contributed by atoms with Gasteiger partial charge in [0.2, 0.25) is 11.9 Å². The quantitative estimate of drug-likeness (QED) is 0.289. The number of carbonyl (C=O) groups excluding carboxylic acids is 2. The number of aromatic hydroxyl groups is 1. The molecule has 0 bridgehead atoms. The summed E-state index contributed by atoms with van der Waals surface area (Å²) in [4.78, 5) is 35.2. The second-order valence-corrected chi connectivity index (χ2v) is 8.25. The number of rotatable bonds is 11. The van der Waals surface area contributed by atoms with E-state index in [4.69, 9.17) is 9.47 Å². The molecule has 0 aliphatic carbocycles. The van der Waals surface area contributed by atoms with Gasteiger partial charge in [0.15, 0.2) is 0 Å². The molecule has 0 saturated heterocycles. The van der Waals surface area contributed by atoms with Crippen LogP contribution < -0.4 is 16.0 Å². The lowest BCUT2D eigenvalue weighted by Crippen LogP contribution is -2.32. The first-order valence-electron chi connectivity index (χ1n) is 10.8. The highest BCUT2D eigenvalue weighted by Crippen LogP contribution is 2.18. The van der Waals surface area contributed by atoms with Crippen molar-refractivity contribution in [3.63, 3.8) is 0 Å². The second kappa shape index (κ2) is 12.4. The number of anilines is 3. The van der Waals surface area contributed by atoms with Crippen molar-refractivity contribution < 1.29 is 24.2 Å². The summed E-state index contributed by atoms with van der Waals surface area (Å²) in [7, 11) is 1.31. The fourth-order valence-corrected chi connectivity index (χ4v) is 2.78. The fraction of sp³-hybridized carbons (Fsp3) is 0.500. The van der Waals surface area contributed by atoms with Crippen LogP contribution in [0, 0.1) is 0 Å². The van der Waals surface area contributed by atoms with Crippen molar-refractivity contribution in [3.8, 4) is 6.01 Å². The molecule has 1 heterocycles. The summed E-state index contributed by atoms with van der Waals surface area (Å²) in [5, 5.41) is 18.5. The van der Waals surface area contributed by atoms with Gasteiger partial charge in [0, 0.05) is 18.8 Å². The van der Waals surface area contributed by atoms with Crippen LogP contribution in [0.4, 0.5) is 22.4 Å². The number of ether oxygens (including phenoxy) is 2. The zero-order valence-electron chi connectivity index (χ0n) is 19.5. The minimum Gasteiger partial charge on any atom is -0.479 e. The largest absolute Gasteiger partial charge is 0.479 e. The van der Waals surface area contributed by atoms with Crippen LogP contribution in [0.2, 0.25) is 0 Å². The van der Waals surface area contributed by atoms with Crippen LogP contribution in [0.1, 0.15) is 56.8 Å². The molecule has 1 amide bonds. The van der Waals surface area contributed by atoms with E-state index in [1.165, 1.54) is 7.11 Å². The molecule has 0 fully saturated rings. The number of hydrogen-bond acceptors (Lipinski definition) is 10. The molecular formula is C22H32N6O5. The first kappa shape index (κ1) is 25.6. The van der Waals surface area contributed by atoms with Crippen molar-refractivity contribution in [3.05, 3.63) is 29.8 Å². The maximum atomic E-state index is 11.7. The molecule has 2 rings (SSSR count). The van der Waals surface area contributed by atoms with E-state index >= 15 is 0 Å². The summed E-state index contributed by atoms with van der Waals surface area (Å²) in [6.45, 7) is 6.66. The van der Waals surface area contributed by atoms with Crippen molar-refractivity contribution in [1.82, 2.24) is 20.3 Å². The summed E-state index contributed by atoms with van der Waals surface area (Å²) in [5.41, 5.74) is 0.441. The Labute approximate surface area is 193 Å². The third-order valence-corrected chi connectivity index (χ3v) is 4.22. The second-order valence-electron chi connectivity index (χ2n) is 8.25. The van der Waals surface area contributed by atoms with Gasteiger partial charge < -0.3 is 30.5 Å². The molecule has 1 aromatic heterocycles. The molecule has 0 aliphatic heterocycles. The lowest BCUT2D eigenvalue weighted by molar-refractivity contribution is 0.0525. The number of hydrogen-bond donors (Lipinski definition) is 4. The lowest BCUT2D eigenvalue weighted by atomic mass is 10.2. The van der Waals surface area contributed by atoms with E-state index in [-0.39, 0.29) is 11.9 Å². The van der Waals surface area contributed by atoms with Gasteiger partial charge in [-0.25, -0.2) is 9.59 Å². The van der Waals surface area contributed by atoms with E-state index in [0.29, 0.717) is 24.3 Å². The van der Waals surface area contributed by atoms with E-state index in [1.54, 1.807) is 24.3 Å². The highest BCUT2D eigenvalue weighted by Gasteiger charge is 2.15. The van der Waals surface area contributed by atoms with Crippen LogP contribution in [0.15, 0.2) is 24.3 Å². The molecule has 11 heteroatoms. The molecule has 0 atom stereocenters. The van der Waals surface area contributed by atoms with E-state index in [0.717, 1.165) is 25.7 Å². The Balaban J connectivity index is 1.73. The summed E-state index contributed by atoms with van der Waals surface area (Å²) >= 11 is 0. The van der Waals surface area contributed by atoms with E-state index in [9.17, 15) is 14.7 Å². The number of aromatic nitrogens is 3. The molecular weight excluding hydrogens is 428 g/mol. The molecule has 0 spiro atoms. The van der Waals surface area contributed by atoms with Crippen LogP contribution in [-0.2, 0) is 9.47 Å². The van der Waals surface area contributed by atoms with Crippen LogP contribution in [0.5, 0.6) is 6.01 Å². The number of alkyl carbamates (subject to hydrolysis) is 1. The highest BCUT2D eigenvalue weighted by molar-refractivity contribution is 5.90. The predicted octanol–water partition coefficient (Wildman–Crippen LogP) is 3.60. The highest BCUT2D eigenvalue weighted by atomic mass is 16.6. The summed E-state index contributed by atoms with van der Waals surface area (Å²) < 4.78 is 9.90. The fourth-order valence-electron chi connectivity index (χ4n) is 2.78. The third-order valence-electron chi connectivity index (χ3n) is 4.22. The molecule has 0 unspecified atom stereocenters. The zero-order valence-corrected chi connectivity index (χ0v) is 19.5. The Morgan fingerprint density at radius 3 is 2.39 bits per heavy atom. The minimum absolute atomic E-state index is 0.139. The Kier molecular flexibility index (Phi) is 9.64. The Hall–Kier alpha value is -3.63.